The van der Waals surface area contributed by atoms with Crippen LogP contribution in [0.1, 0.15) is 27.7 Å². The van der Waals surface area contributed by atoms with Crippen molar-refractivity contribution in [1.82, 2.24) is 4.72 Å². The van der Waals surface area contributed by atoms with Gasteiger partial charge in [0.1, 0.15) is 5.75 Å². The van der Waals surface area contributed by atoms with Crippen LogP contribution in [0.3, 0.4) is 0 Å². The second kappa shape index (κ2) is 4.97. The molecule has 0 heterocycles. The Morgan fingerprint density at radius 1 is 1.19 bits per heavy atom. The van der Waals surface area contributed by atoms with Crippen LogP contribution in [0.2, 0.25) is 0 Å². The molecule has 1 aliphatic rings. The van der Waals surface area contributed by atoms with E-state index >= 15 is 0 Å². The maximum absolute atomic E-state index is 12.6. The summed E-state index contributed by atoms with van der Waals surface area (Å²) in [6.07, 6.45) is 0. The monoisotopic (exact) mass is 312 g/mol. The fraction of sp³-hybridized carbons (Fsp3) is 0.600. The second-order valence-corrected chi connectivity index (χ2v) is 8.57. The summed E-state index contributed by atoms with van der Waals surface area (Å²) < 4.78 is 33.0. The van der Waals surface area contributed by atoms with Crippen molar-refractivity contribution in [2.24, 2.45) is 16.6 Å². The molecular formula is C15H24N2O3S. The van der Waals surface area contributed by atoms with Gasteiger partial charge in [-0.15, -0.1) is 0 Å². The quantitative estimate of drug-likeness (QED) is 0.887. The average molecular weight is 312 g/mol. The van der Waals surface area contributed by atoms with Crippen LogP contribution in [-0.4, -0.2) is 27.6 Å². The topological polar surface area (TPSA) is 81.4 Å². The molecule has 6 heteroatoms. The minimum atomic E-state index is -3.60. The highest BCUT2D eigenvalue weighted by atomic mass is 32.2. The Hall–Kier alpha value is -1.11. The molecule has 0 atom stereocenters. The molecule has 0 aliphatic heterocycles. The Labute approximate surface area is 126 Å². The highest BCUT2D eigenvalue weighted by molar-refractivity contribution is 7.89. The first-order valence-corrected chi connectivity index (χ1v) is 8.44. The maximum Gasteiger partial charge on any atom is 0.240 e. The fourth-order valence-electron chi connectivity index (χ4n) is 3.48. The van der Waals surface area contributed by atoms with Crippen LogP contribution in [-0.2, 0) is 10.0 Å². The van der Waals surface area contributed by atoms with Crippen LogP contribution in [0.15, 0.2) is 29.2 Å². The molecule has 0 amide bonds. The molecule has 5 nitrogen and oxygen atoms in total. The summed E-state index contributed by atoms with van der Waals surface area (Å²) in [4.78, 5) is 0.203. The van der Waals surface area contributed by atoms with Gasteiger partial charge in [0, 0.05) is 18.2 Å². The van der Waals surface area contributed by atoms with Crippen LogP contribution >= 0.6 is 0 Å². The first-order chi connectivity index (χ1) is 9.53. The molecule has 0 aromatic heterocycles. The molecule has 0 unspecified atom stereocenters. The van der Waals surface area contributed by atoms with Gasteiger partial charge in [0.05, 0.1) is 12.0 Å². The Balaban J connectivity index is 2.30. The Morgan fingerprint density at radius 2 is 1.76 bits per heavy atom. The standard InChI is InChI=1S/C15H24N2O3S/c1-14(2)12(16)15(3,4)13(14)17-21(18,19)11-8-6-7-10(9-11)20-5/h6-9,12-13,17H,16H2,1-5H3. The number of ether oxygens (including phenoxy) is 1. The Morgan fingerprint density at radius 3 is 2.29 bits per heavy atom. The predicted molar refractivity (Wildman–Crippen MR) is 82.6 cm³/mol. The Bertz CT molecular complexity index is 622. The lowest BCUT2D eigenvalue weighted by molar-refractivity contribution is -0.0593. The zero-order valence-electron chi connectivity index (χ0n) is 13.2. The number of methoxy groups -OCH3 is 1. The Kier molecular flexibility index (Phi) is 3.85. The summed E-state index contributed by atoms with van der Waals surface area (Å²) in [5.74, 6) is 0.515. The third kappa shape index (κ3) is 2.56. The molecule has 0 saturated heterocycles. The number of hydrogen-bond donors (Lipinski definition) is 2. The van der Waals surface area contributed by atoms with Crippen molar-refractivity contribution in [3.63, 3.8) is 0 Å². The van der Waals surface area contributed by atoms with Crippen molar-refractivity contribution in [2.45, 2.75) is 44.7 Å². The van der Waals surface area contributed by atoms with Crippen LogP contribution < -0.4 is 15.2 Å². The second-order valence-electron chi connectivity index (χ2n) is 6.85. The number of nitrogens with one attached hydrogen (secondary N) is 1. The van der Waals surface area contributed by atoms with E-state index in [4.69, 9.17) is 10.5 Å². The highest BCUT2D eigenvalue weighted by Crippen LogP contribution is 2.52. The lowest BCUT2D eigenvalue weighted by Crippen LogP contribution is -2.75. The van der Waals surface area contributed by atoms with Crippen molar-refractivity contribution in [2.75, 3.05) is 7.11 Å². The summed E-state index contributed by atoms with van der Waals surface area (Å²) in [5.41, 5.74) is 5.61. The van der Waals surface area contributed by atoms with E-state index in [1.54, 1.807) is 18.2 Å². The van der Waals surface area contributed by atoms with Gasteiger partial charge in [-0.1, -0.05) is 33.8 Å². The van der Waals surface area contributed by atoms with Gasteiger partial charge >= 0.3 is 0 Å². The van der Waals surface area contributed by atoms with Gasteiger partial charge in [0.15, 0.2) is 0 Å². The zero-order chi connectivity index (χ0) is 16.1. The molecule has 0 bridgehead atoms. The summed E-state index contributed by atoms with van der Waals surface area (Å²) in [6.45, 7) is 7.95. The molecule has 0 radical (unpaired) electrons. The smallest absolute Gasteiger partial charge is 0.240 e. The van der Waals surface area contributed by atoms with E-state index < -0.39 is 10.0 Å². The van der Waals surface area contributed by atoms with E-state index in [1.165, 1.54) is 13.2 Å². The van der Waals surface area contributed by atoms with E-state index in [0.29, 0.717) is 5.75 Å². The van der Waals surface area contributed by atoms with Crippen molar-refractivity contribution >= 4 is 10.0 Å². The number of benzene rings is 1. The fourth-order valence-corrected chi connectivity index (χ4v) is 5.06. The van der Waals surface area contributed by atoms with Crippen molar-refractivity contribution in [3.8, 4) is 5.75 Å². The van der Waals surface area contributed by atoms with Gasteiger partial charge in [-0.2, -0.15) is 0 Å². The van der Waals surface area contributed by atoms with Crippen molar-refractivity contribution < 1.29 is 13.2 Å². The molecule has 2 rings (SSSR count). The third-order valence-corrected chi connectivity index (χ3v) is 6.14. The van der Waals surface area contributed by atoms with Gasteiger partial charge in [0.2, 0.25) is 10.0 Å². The molecule has 1 aliphatic carbocycles. The molecule has 1 aromatic rings. The SMILES string of the molecule is COc1cccc(S(=O)(=O)NC2C(C)(C)C(N)C2(C)C)c1. The number of sulfonamides is 1. The summed E-state index contributed by atoms with van der Waals surface area (Å²) in [6, 6.07) is 6.19. The molecule has 3 N–H and O–H groups in total. The first kappa shape index (κ1) is 16.3. The third-order valence-electron chi connectivity index (χ3n) is 4.72. The molecule has 1 aromatic carbocycles. The van der Waals surface area contributed by atoms with E-state index in [0.717, 1.165) is 0 Å². The molecule has 1 fully saturated rings. The zero-order valence-corrected chi connectivity index (χ0v) is 14.0. The largest absolute Gasteiger partial charge is 0.497 e. The van der Waals surface area contributed by atoms with Gasteiger partial charge in [0.25, 0.3) is 0 Å². The molecule has 0 spiro atoms. The van der Waals surface area contributed by atoms with Crippen LogP contribution in [0.5, 0.6) is 5.75 Å². The predicted octanol–water partition coefficient (Wildman–Crippen LogP) is 1.74. The first-order valence-electron chi connectivity index (χ1n) is 6.95. The van der Waals surface area contributed by atoms with Crippen LogP contribution in [0.4, 0.5) is 0 Å². The lowest BCUT2D eigenvalue weighted by Gasteiger charge is -2.62. The minimum absolute atomic E-state index is 0.0528. The summed E-state index contributed by atoms with van der Waals surface area (Å²) >= 11 is 0. The van der Waals surface area contributed by atoms with Gasteiger partial charge in [-0.05, 0) is 23.0 Å². The molecular weight excluding hydrogens is 288 g/mol. The average Bonchev–Trinajstić information content (AvgIpc) is 2.43. The molecule has 118 valence electrons. The van der Waals surface area contributed by atoms with E-state index in [-0.39, 0.29) is 27.8 Å². The highest BCUT2D eigenvalue weighted by Gasteiger charge is 2.61. The van der Waals surface area contributed by atoms with Gasteiger partial charge in [-0.3, -0.25) is 0 Å². The minimum Gasteiger partial charge on any atom is -0.497 e. The maximum atomic E-state index is 12.6. The van der Waals surface area contributed by atoms with E-state index in [2.05, 4.69) is 4.72 Å². The van der Waals surface area contributed by atoms with E-state index in [9.17, 15) is 8.42 Å². The molecule has 21 heavy (non-hydrogen) atoms. The van der Waals surface area contributed by atoms with Crippen LogP contribution in [0, 0.1) is 10.8 Å². The molecule has 1 saturated carbocycles. The number of rotatable bonds is 4. The summed E-state index contributed by atoms with van der Waals surface area (Å²) in [5, 5.41) is 0. The number of nitrogens with two attached hydrogens (primary N) is 1. The lowest BCUT2D eigenvalue weighted by atomic mass is 9.49. The van der Waals surface area contributed by atoms with Crippen molar-refractivity contribution in [3.05, 3.63) is 24.3 Å². The van der Waals surface area contributed by atoms with E-state index in [1.807, 2.05) is 27.7 Å². The van der Waals surface area contributed by atoms with Gasteiger partial charge < -0.3 is 10.5 Å². The number of hydrogen-bond acceptors (Lipinski definition) is 4. The van der Waals surface area contributed by atoms with Crippen molar-refractivity contribution in [1.29, 1.82) is 0 Å². The summed E-state index contributed by atoms with van der Waals surface area (Å²) in [7, 11) is -2.09. The van der Waals surface area contributed by atoms with Crippen LogP contribution in [0.25, 0.3) is 0 Å². The van der Waals surface area contributed by atoms with Gasteiger partial charge in [-0.25, -0.2) is 13.1 Å². The normalized spacial score (nSPS) is 27.0.